The monoisotopic (exact) mass is 391 g/mol. The van der Waals surface area contributed by atoms with Crippen LogP contribution < -0.4 is 0 Å². The summed E-state index contributed by atoms with van der Waals surface area (Å²) < 4.78 is 6.44. The number of phenolic OH excluding ortho intramolecular Hbond substituents is 1. The number of aromatic hydroxyl groups is 1. The van der Waals surface area contributed by atoms with Crippen LogP contribution in [0.5, 0.6) is 5.75 Å². The number of hydrogen-bond acceptors (Lipinski definition) is 3. The number of carbonyl (C=O) groups excluding carboxylic acids is 1. The Bertz CT molecular complexity index is 481. The fraction of sp³-hybridized carbons (Fsp3) is 0.462. The summed E-state index contributed by atoms with van der Waals surface area (Å²) in [7, 11) is 0. The van der Waals surface area contributed by atoms with Crippen LogP contribution in [0.25, 0.3) is 0 Å². The van der Waals surface area contributed by atoms with E-state index < -0.39 is 0 Å². The average Bonchev–Trinajstić information content (AvgIpc) is 2.37. The van der Waals surface area contributed by atoms with Gasteiger partial charge in [-0.1, -0.05) is 31.9 Å². The Morgan fingerprint density at radius 1 is 1.53 bits per heavy atom. The van der Waals surface area contributed by atoms with Crippen LogP contribution in [0.3, 0.4) is 0 Å². The predicted octanol–water partition coefficient (Wildman–Crippen LogP) is 2.78. The lowest BCUT2D eigenvalue weighted by molar-refractivity contribution is -0.0560. The van der Waals surface area contributed by atoms with Crippen molar-refractivity contribution in [2.75, 3.05) is 18.4 Å². The SMILES string of the molecule is CC1CN(C(=O)c2ccc(Br)cc2O)CC(CBr)O1. The molecule has 19 heavy (non-hydrogen) atoms. The van der Waals surface area contributed by atoms with Crippen LogP contribution in [0.1, 0.15) is 17.3 Å². The Labute approximate surface area is 129 Å². The van der Waals surface area contributed by atoms with Crippen LogP contribution in [-0.2, 0) is 4.74 Å². The number of nitrogens with zero attached hydrogens (tertiary/aromatic N) is 1. The second-order valence-corrected chi connectivity index (χ2v) is 6.16. The molecule has 104 valence electrons. The van der Waals surface area contributed by atoms with Gasteiger partial charge < -0.3 is 14.7 Å². The molecule has 1 aromatic rings. The molecule has 4 nitrogen and oxygen atoms in total. The minimum absolute atomic E-state index is 0.00200. The molecule has 0 aromatic heterocycles. The molecule has 0 saturated carbocycles. The Balaban J connectivity index is 2.18. The maximum atomic E-state index is 12.4. The number of rotatable bonds is 2. The quantitative estimate of drug-likeness (QED) is 0.787. The molecule has 1 saturated heterocycles. The van der Waals surface area contributed by atoms with E-state index in [-0.39, 0.29) is 23.9 Å². The number of carbonyl (C=O) groups is 1. The summed E-state index contributed by atoms with van der Waals surface area (Å²) in [6, 6.07) is 4.91. The van der Waals surface area contributed by atoms with Gasteiger partial charge in [0.1, 0.15) is 5.75 Å². The Morgan fingerprint density at radius 3 is 2.89 bits per heavy atom. The van der Waals surface area contributed by atoms with Gasteiger partial charge in [0.15, 0.2) is 0 Å². The molecule has 2 atom stereocenters. The van der Waals surface area contributed by atoms with Gasteiger partial charge in [0.2, 0.25) is 0 Å². The van der Waals surface area contributed by atoms with Crippen molar-refractivity contribution in [2.24, 2.45) is 0 Å². The Hall–Kier alpha value is -0.590. The van der Waals surface area contributed by atoms with Gasteiger partial charge in [0.25, 0.3) is 5.91 Å². The number of halogens is 2. The second-order valence-electron chi connectivity index (χ2n) is 4.59. The summed E-state index contributed by atoms with van der Waals surface area (Å²) in [6.45, 7) is 3.01. The van der Waals surface area contributed by atoms with E-state index in [0.29, 0.717) is 24.0 Å². The maximum Gasteiger partial charge on any atom is 0.257 e. The fourth-order valence-electron chi connectivity index (χ4n) is 2.15. The van der Waals surface area contributed by atoms with Gasteiger partial charge in [0, 0.05) is 22.9 Å². The molecule has 0 aliphatic carbocycles. The topological polar surface area (TPSA) is 49.8 Å². The largest absolute Gasteiger partial charge is 0.507 e. The molecule has 0 spiro atoms. The smallest absolute Gasteiger partial charge is 0.257 e. The molecule has 2 rings (SSSR count). The summed E-state index contributed by atoms with van der Waals surface area (Å²) >= 11 is 6.64. The highest BCUT2D eigenvalue weighted by Crippen LogP contribution is 2.25. The molecule has 1 aliphatic heterocycles. The van der Waals surface area contributed by atoms with Crippen molar-refractivity contribution >= 4 is 37.8 Å². The van der Waals surface area contributed by atoms with E-state index in [1.165, 1.54) is 6.07 Å². The molecule has 1 aromatic carbocycles. The van der Waals surface area contributed by atoms with Gasteiger partial charge in [-0.05, 0) is 25.1 Å². The predicted molar refractivity (Wildman–Crippen MR) is 79.8 cm³/mol. The molecule has 1 amide bonds. The minimum atomic E-state index is -0.161. The van der Waals surface area contributed by atoms with E-state index in [2.05, 4.69) is 31.9 Å². The molecule has 1 aliphatic rings. The number of morpholine rings is 1. The summed E-state index contributed by atoms with van der Waals surface area (Å²) in [5.41, 5.74) is 0.325. The molecule has 1 heterocycles. The zero-order valence-electron chi connectivity index (χ0n) is 10.5. The Morgan fingerprint density at radius 2 is 2.26 bits per heavy atom. The summed E-state index contributed by atoms with van der Waals surface area (Å²) in [4.78, 5) is 14.1. The maximum absolute atomic E-state index is 12.4. The van der Waals surface area contributed by atoms with E-state index in [0.717, 1.165) is 4.47 Å². The summed E-state index contributed by atoms with van der Waals surface area (Å²) in [5, 5.41) is 10.6. The third kappa shape index (κ3) is 3.49. The van der Waals surface area contributed by atoms with Crippen LogP contribution in [-0.4, -0.2) is 46.5 Å². The normalized spacial score (nSPS) is 23.4. The van der Waals surface area contributed by atoms with E-state index in [4.69, 9.17) is 4.74 Å². The molecular formula is C13H15Br2NO3. The first-order valence-electron chi connectivity index (χ1n) is 6.00. The van der Waals surface area contributed by atoms with Gasteiger partial charge in [0.05, 0.1) is 17.8 Å². The zero-order valence-corrected chi connectivity index (χ0v) is 13.6. The van der Waals surface area contributed by atoms with Crippen molar-refractivity contribution in [1.82, 2.24) is 4.90 Å². The number of ether oxygens (including phenoxy) is 1. The lowest BCUT2D eigenvalue weighted by atomic mass is 10.1. The van der Waals surface area contributed by atoms with Crippen molar-refractivity contribution in [2.45, 2.75) is 19.1 Å². The van der Waals surface area contributed by atoms with Gasteiger partial charge in [-0.15, -0.1) is 0 Å². The van der Waals surface area contributed by atoms with Crippen molar-refractivity contribution in [3.05, 3.63) is 28.2 Å². The molecule has 1 fully saturated rings. The highest BCUT2D eigenvalue weighted by atomic mass is 79.9. The third-order valence-corrected chi connectivity index (χ3v) is 4.19. The third-order valence-electron chi connectivity index (χ3n) is 2.98. The number of alkyl halides is 1. The highest BCUT2D eigenvalue weighted by Gasteiger charge is 2.29. The van der Waals surface area contributed by atoms with Gasteiger partial charge in [-0.3, -0.25) is 4.79 Å². The lowest BCUT2D eigenvalue weighted by Gasteiger charge is -2.36. The molecule has 6 heteroatoms. The van der Waals surface area contributed by atoms with Crippen LogP contribution in [0, 0.1) is 0 Å². The van der Waals surface area contributed by atoms with E-state index >= 15 is 0 Å². The first kappa shape index (κ1) is 14.8. The fourth-order valence-corrected chi connectivity index (χ4v) is 2.86. The van der Waals surface area contributed by atoms with Crippen LogP contribution >= 0.6 is 31.9 Å². The first-order chi connectivity index (χ1) is 9.01. The van der Waals surface area contributed by atoms with E-state index in [1.54, 1.807) is 17.0 Å². The second kappa shape index (κ2) is 6.24. The van der Waals surface area contributed by atoms with Crippen molar-refractivity contribution < 1.29 is 14.6 Å². The van der Waals surface area contributed by atoms with E-state index in [1.807, 2.05) is 6.92 Å². The van der Waals surface area contributed by atoms with Crippen LogP contribution in [0.2, 0.25) is 0 Å². The number of phenols is 1. The van der Waals surface area contributed by atoms with Crippen molar-refractivity contribution in [3.63, 3.8) is 0 Å². The van der Waals surface area contributed by atoms with Gasteiger partial charge in [-0.25, -0.2) is 0 Å². The Kier molecular flexibility index (Phi) is 4.86. The highest BCUT2D eigenvalue weighted by molar-refractivity contribution is 9.10. The van der Waals surface area contributed by atoms with Gasteiger partial charge in [-0.2, -0.15) is 0 Å². The molecule has 2 unspecified atom stereocenters. The van der Waals surface area contributed by atoms with Crippen LogP contribution in [0.15, 0.2) is 22.7 Å². The molecule has 0 radical (unpaired) electrons. The molecule has 1 N–H and O–H groups in total. The zero-order chi connectivity index (χ0) is 14.0. The van der Waals surface area contributed by atoms with Crippen molar-refractivity contribution in [1.29, 1.82) is 0 Å². The van der Waals surface area contributed by atoms with E-state index in [9.17, 15) is 9.90 Å². The average molecular weight is 393 g/mol. The lowest BCUT2D eigenvalue weighted by Crippen LogP contribution is -2.49. The minimum Gasteiger partial charge on any atom is -0.507 e. The van der Waals surface area contributed by atoms with Crippen molar-refractivity contribution in [3.8, 4) is 5.75 Å². The molecular weight excluding hydrogens is 378 g/mol. The van der Waals surface area contributed by atoms with Crippen LogP contribution in [0.4, 0.5) is 0 Å². The summed E-state index contributed by atoms with van der Waals surface area (Å²) in [5.74, 6) is -0.167. The number of benzene rings is 1. The van der Waals surface area contributed by atoms with Gasteiger partial charge >= 0.3 is 0 Å². The summed E-state index contributed by atoms with van der Waals surface area (Å²) in [6.07, 6.45) is -0.0110. The standard InChI is InChI=1S/C13H15Br2NO3/c1-8-6-16(7-10(5-14)19-8)13(18)11-3-2-9(15)4-12(11)17/h2-4,8,10,17H,5-7H2,1H3. The molecule has 0 bridgehead atoms. The first-order valence-corrected chi connectivity index (χ1v) is 7.92. The number of hydrogen-bond donors (Lipinski definition) is 1. The number of amides is 1.